The van der Waals surface area contributed by atoms with Gasteiger partial charge in [0.15, 0.2) is 0 Å². The summed E-state index contributed by atoms with van der Waals surface area (Å²) in [5, 5.41) is 15.8. The summed E-state index contributed by atoms with van der Waals surface area (Å²) < 4.78 is 5.36. The molecule has 1 unspecified atom stereocenters. The predicted molar refractivity (Wildman–Crippen MR) is 79.4 cm³/mol. The predicted octanol–water partition coefficient (Wildman–Crippen LogP) is 2.41. The molecule has 0 aromatic heterocycles. The summed E-state index contributed by atoms with van der Waals surface area (Å²) in [5.41, 5.74) is 0.863. The zero-order valence-electron chi connectivity index (χ0n) is 11.7. The van der Waals surface area contributed by atoms with Crippen molar-refractivity contribution < 1.29 is 14.6 Å². The Hall–Kier alpha value is -1.46. The Bertz CT molecular complexity index is 544. The first-order chi connectivity index (χ1) is 10.1. The van der Waals surface area contributed by atoms with Gasteiger partial charge in [0, 0.05) is 31.4 Å². The zero-order chi connectivity index (χ0) is 14.9. The lowest BCUT2D eigenvalue weighted by Crippen LogP contribution is -2.39. The molecule has 1 aliphatic carbocycles. The first-order valence-corrected chi connectivity index (χ1v) is 7.57. The van der Waals surface area contributed by atoms with Gasteiger partial charge in [-0.2, -0.15) is 0 Å². The van der Waals surface area contributed by atoms with Crippen LogP contribution in [0.15, 0.2) is 18.2 Å². The molecule has 0 radical (unpaired) electrons. The SMILES string of the molecule is O=C(NCc1cccc(Cl)c1O)NC1CC12CCOCC2. The summed E-state index contributed by atoms with van der Waals surface area (Å²) in [6.45, 7) is 1.83. The van der Waals surface area contributed by atoms with Gasteiger partial charge in [0.1, 0.15) is 5.75 Å². The third-order valence-electron chi connectivity index (χ3n) is 4.49. The standard InChI is InChI=1S/C15H19ClN2O3/c16-11-3-1-2-10(13(11)19)9-17-14(20)18-12-8-15(12)4-6-21-7-5-15/h1-3,12,19H,4-9H2,(H2,17,18,20). The van der Waals surface area contributed by atoms with E-state index in [1.807, 2.05) is 0 Å². The third kappa shape index (κ3) is 3.09. The van der Waals surface area contributed by atoms with Crippen molar-refractivity contribution in [1.29, 1.82) is 0 Å². The molecule has 1 saturated carbocycles. The maximum absolute atomic E-state index is 11.9. The topological polar surface area (TPSA) is 70.6 Å². The highest BCUT2D eigenvalue weighted by atomic mass is 35.5. The summed E-state index contributed by atoms with van der Waals surface area (Å²) >= 11 is 5.83. The van der Waals surface area contributed by atoms with E-state index < -0.39 is 0 Å². The van der Waals surface area contributed by atoms with E-state index in [-0.39, 0.29) is 34.8 Å². The Morgan fingerprint density at radius 3 is 2.95 bits per heavy atom. The highest BCUT2D eigenvalue weighted by molar-refractivity contribution is 6.32. The number of carbonyl (C=O) groups excluding carboxylic acids is 1. The lowest BCUT2D eigenvalue weighted by molar-refractivity contribution is 0.0547. The van der Waals surface area contributed by atoms with E-state index in [1.54, 1.807) is 18.2 Å². The summed E-state index contributed by atoms with van der Waals surface area (Å²) in [4.78, 5) is 11.9. The molecule has 6 heteroatoms. The molecule has 1 saturated heterocycles. The van der Waals surface area contributed by atoms with Crippen LogP contribution in [0.4, 0.5) is 4.79 Å². The molecule has 5 nitrogen and oxygen atoms in total. The first-order valence-electron chi connectivity index (χ1n) is 7.19. The molecule has 1 atom stereocenters. The molecule has 1 aromatic rings. The molecule has 2 aliphatic rings. The summed E-state index contributed by atoms with van der Waals surface area (Å²) in [6, 6.07) is 5.13. The number of amides is 2. The maximum Gasteiger partial charge on any atom is 0.315 e. The van der Waals surface area contributed by atoms with Gasteiger partial charge in [-0.3, -0.25) is 0 Å². The van der Waals surface area contributed by atoms with Crippen LogP contribution in [0.3, 0.4) is 0 Å². The lowest BCUT2D eigenvalue weighted by Gasteiger charge is -2.22. The van der Waals surface area contributed by atoms with Crippen molar-refractivity contribution in [2.24, 2.45) is 5.41 Å². The summed E-state index contributed by atoms with van der Waals surface area (Å²) in [7, 11) is 0. The number of carbonyl (C=O) groups is 1. The lowest BCUT2D eigenvalue weighted by atomic mass is 9.96. The second kappa shape index (κ2) is 5.73. The minimum atomic E-state index is -0.206. The molecule has 2 amide bonds. The minimum absolute atomic E-state index is 0.0202. The van der Waals surface area contributed by atoms with Crippen LogP contribution in [0.25, 0.3) is 0 Å². The van der Waals surface area contributed by atoms with Crippen LogP contribution in [0.2, 0.25) is 5.02 Å². The molecular formula is C15H19ClN2O3. The van der Waals surface area contributed by atoms with Gasteiger partial charge in [-0.25, -0.2) is 4.79 Å². The monoisotopic (exact) mass is 310 g/mol. The van der Waals surface area contributed by atoms with Crippen LogP contribution in [0.1, 0.15) is 24.8 Å². The van der Waals surface area contributed by atoms with E-state index >= 15 is 0 Å². The fraction of sp³-hybridized carbons (Fsp3) is 0.533. The van der Waals surface area contributed by atoms with E-state index in [2.05, 4.69) is 10.6 Å². The van der Waals surface area contributed by atoms with E-state index in [0.29, 0.717) is 5.56 Å². The van der Waals surface area contributed by atoms with Crippen LogP contribution < -0.4 is 10.6 Å². The Labute approximate surface area is 128 Å². The van der Waals surface area contributed by atoms with Crippen molar-refractivity contribution in [3.05, 3.63) is 28.8 Å². The van der Waals surface area contributed by atoms with Crippen molar-refractivity contribution >= 4 is 17.6 Å². The van der Waals surface area contributed by atoms with Crippen LogP contribution in [-0.4, -0.2) is 30.4 Å². The average Bonchev–Trinajstić information content (AvgIpc) is 3.12. The third-order valence-corrected chi connectivity index (χ3v) is 4.80. The number of phenols is 1. The Balaban J connectivity index is 1.48. The zero-order valence-corrected chi connectivity index (χ0v) is 12.4. The Morgan fingerprint density at radius 1 is 1.43 bits per heavy atom. The molecule has 2 fully saturated rings. The van der Waals surface area contributed by atoms with Crippen LogP contribution in [0.5, 0.6) is 5.75 Å². The number of hydrogen-bond acceptors (Lipinski definition) is 3. The van der Waals surface area contributed by atoms with Crippen molar-refractivity contribution in [2.75, 3.05) is 13.2 Å². The fourth-order valence-corrected chi connectivity index (χ4v) is 3.16. The molecule has 1 spiro atoms. The number of hydrogen-bond donors (Lipinski definition) is 3. The van der Waals surface area contributed by atoms with Crippen molar-refractivity contribution in [2.45, 2.75) is 31.8 Å². The van der Waals surface area contributed by atoms with E-state index in [1.165, 1.54) is 0 Å². The molecule has 3 N–H and O–H groups in total. The van der Waals surface area contributed by atoms with Gasteiger partial charge >= 0.3 is 6.03 Å². The van der Waals surface area contributed by atoms with Gasteiger partial charge in [0.2, 0.25) is 0 Å². The van der Waals surface area contributed by atoms with Gasteiger partial charge in [-0.15, -0.1) is 0 Å². The van der Waals surface area contributed by atoms with Crippen LogP contribution in [0, 0.1) is 5.41 Å². The number of ether oxygens (including phenoxy) is 1. The number of aromatic hydroxyl groups is 1. The molecular weight excluding hydrogens is 292 g/mol. The molecule has 3 rings (SSSR count). The number of para-hydroxylation sites is 1. The van der Waals surface area contributed by atoms with E-state index in [4.69, 9.17) is 16.3 Å². The second-order valence-corrected chi connectivity index (χ2v) is 6.21. The average molecular weight is 311 g/mol. The van der Waals surface area contributed by atoms with Gasteiger partial charge in [0.25, 0.3) is 0 Å². The molecule has 1 aromatic carbocycles. The normalized spacial score (nSPS) is 22.8. The fourth-order valence-electron chi connectivity index (χ4n) is 2.97. The highest BCUT2D eigenvalue weighted by Crippen LogP contribution is 2.53. The van der Waals surface area contributed by atoms with Gasteiger partial charge < -0.3 is 20.5 Å². The summed E-state index contributed by atoms with van der Waals surface area (Å²) in [6.07, 6.45) is 3.08. The van der Waals surface area contributed by atoms with Crippen molar-refractivity contribution in [1.82, 2.24) is 10.6 Å². The number of urea groups is 1. The van der Waals surface area contributed by atoms with Crippen molar-refractivity contribution in [3.63, 3.8) is 0 Å². The quantitative estimate of drug-likeness (QED) is 0.803. The number of halogens is 1. The van der Waals surface area contributed by atoms with Gasteiger partial charge in [-0.1, -0.05) is 23.7 Å². The molecule has 1 heterocycles. The van der Waals surface area contributed by atoms with Crippen molar-refractivity contribution in [3.8, 4) is 5.75 Å². The largest absolute Gasteiger partial charge is 0.506 e. The number of benzene rings is 1. The second-order valence-electron chi connectivity index (χ2n) is 5.81. The molecule has 114 valence electrons. The van der Waals surface area contributed by atoms with Gasteiger partial charge in [0.05, 0.1) is 5.02 Å². The smallest absolute Gasteiger partial charge is 0.315 e. The maximum atomic E-state index is 11.9. The van der Waals surface area contributed by atoms with Crippen LogP contribution >= 0.6 is 11.6 Å². The number of rotatable bonds is 3. The molecule has 21 heavy (non-hydrogen) atoms. The highest BCUT2D eigenvalue weighted by Gasteiger charge is 2.54. The number of phenolic OH excluding ortho intramolecular Hbond substituents is 1. The summed E-state index contributed by atoms with van der Waals surface area (Å²) in [5.74, 6) is 0.0202. The molecule has 1 aliphatic heterocycles. The first kappa shape index (κ1) is 14.5. The van der Waals surface area contributed by atoms with E-state index in [9.17, 15) is 9.90 Å². The Kier molecular flexibility index (Phi) is 3.95. The molecule has 0 bridgehead atoms. The van der Waals surface area contributed by atoms with E-state index in [0.717, 1.165) is 32.5 Å². The number of nitrogens with one attached hydrogen (secondary N) is 2. The van der Waals surface area contributed by atoms with Gasteiger partial charge in [-0.05, 0) is 30.7 Å². The van der Waals surface area contributed by atoms with Crippen LogP contribution in [-0.2, 0) is 11.3 Å². The minimum Gasteiger partial charge on any atom is -0.506 e. The Morgan fingerprint density at radius 2 is 2.19 bits per heavy atom.